The van der Waals surface area contributed by atoms with Gasteiger partial charge >= 0.3 is 5.97 Å². The molecule has 30 heavy (non-hydrogen) atoms. The molecular weight excluding hydrogens is 380 g/mol. The number of hydrogen-bond acceptors (Lipinski definition) is 5. The second kappa shape index (κ2) is 10.2. The van der Waals surface area contributed by atoms with Gasteiger partial charge < -0.3 is 18.7 Å². The highest BCUT2D eigenvalue weighted by atomic mass is 16.6. The van der Waals surface area contributed by atoms with Gasteiger partial charge in [0.15, 0.2) is 11.5 Å². The van der Waals surface area contributed by atoms with Gasteiger partial charge in [-0.25, -0.2) is 4.79 Å². The highest BCUT2D eigenvalue weighted by Crippen LogP contribution is 2.26. The molecule has 1 aliphatic heterocycles. The van der Waals surface area contributed by atoms with Crippen molar-refractivity contribution in [1.29, 1.82) is 0 Å². The van der Waals surface area contributed by atoms with E-state index < -0.39 is 5.97 Å². The molecule has 160 valence electrons. The summed E-state index contributed by atoms with van der Waals surface area (Å²) in [5, 5.41) is 9.89. The fourth-order valence-electron chi connectivity index (χ4n) is 3.50. The lowest BCUT2D eigenvalue weighted by molar-refractivity contribution is -0.133. The third-order valence-electron chi connectivity index (χ3n) is 5.36. The minimum absolute atomic E-state index is 0.0323. The largest absolute Gasteiger partial charge is 0.504 e. The van der Waals surface area contributed by atoms with E-state index in [-0.39, 0.29) is 17.3 Å². The van der Waals surface area contributed by atoms with Crippen LogP contribution in [-0.4, -0.2) is 11.1 Å². The maximum Gasteiger partial charge on any atom is 0.343 e. The highest BCUT2D eigenvalue weighted by Gasteiger charge is 2.26. The van der Waals surface area contributed by atoms with Crippen LogP contribution in [0.1, 0.15) is 63.3 Å². The molecule has 2 aromatic heterocycles. The number of furan rings is 2. The summed E-state index contributed by atoms with van der Waals surface area (Å²) in [6.07, 6.45) is 15.2. The molecule has 1 N–H and O–H groups in total. The summed E-state index contributed by atoms with van der Waals surface area (Å²) in [6, 6.07) is 4.07. The maximum absolute atomic E-state index is 11.5. The lowest BCUT2D eigenvalue weighted by Crippen LogP contribution is -1.97. The summed E-state index contributed by atoms with van der Waals surface area (Å²) in [6.45, 7) is 5.81. The molecule has 3 rings (SSSR count). The zero-order valence-corrected chi connectivity index (χ0v) is 17.9. The number of cyclic esters (lactones) is 1. The molecule has 0 saturated carbocycles. The minimum Gasteiger partial charge on any atom is -0.504 e. The number of allylic oxidation sites excluding steroid dienone is 3. The molecule has 0 aliphatic carbocycles. The Hall–Kier alpha value is -2.95. The van der Waals surface area contributed by atoms with Crippen LogP contribution in [0.2, 0.25) is 0 Å². The molecule has 5 heteroatoms. The van der Waals surface area contributed by atoms with Crippen molar-refractivity contribution in [3.8, 4) is 0 Å². The fraction of sp³-hybridized carbons (Fsp3) is 0.400. The summed E-state index contributed by atoms with van der Waals surface area (Å²) in [5.74, 6) is 0.989. The number of aliphatic hydroxyl groups excluding tert-OH is 1. The third-order valence-corrected chi connectivity index (χ3v) is 5.36. The fourth-order valence-corrected chi connectivity index (χ4v) is 3.50. The highest BCUT2D eigenvalue weighted by molar-refractivity contribution is 5.93. The van der Waals surface area contributed by atoms with E-state index in [0.29, 0.717) is 5.76 Å². The van der Waals surface area contributed by atoms with E-state index in [1.165, 1.54) is 11.1 Å². The number of ether oxygens (including phenoxy) is 1. The van der Waals surface area contributed by atoms with Gasteiger partial charge in [-0.1, -0.05) is 18.6 Å². The van der Waals surface area contributed by atoms with Gasteiger partial charge in [0.2, 0.25) is 0 Å². The SMILES string of the molecule is CC1=C(O)/C(=C\C(C)CCC/C(C)=C/CCc2coc(Cc3ccoc3)c2)OC1=O. The normalized spacial score (nSPS) is 17.1. The van der Waals surface area contributed by atoms with Gasteiger partial charge in [-0.2, -0.15) is 0 Å². The molecule has 0 amide bonds. The molecule has 0 saturated heterocycles. The Morgan fingerprint density at radius 1 is 1.27 bits per heavy atom. The van der Waals surface area contributed by atoms with Gasteiger partial charge in [0.25, 0.3) is 0 Å². The molecule has 0 radical (unpaired) electrons. The van der Waals surface area contributed by atoms with Gasteiger partial charge in [0.1, 0.15) is 5.76 Å². The van der Waals surface area contributed by atoms with Crippen LogP contribution in [-0.2, 0) is 22.4 Å². The molecule has 1 atom stereocenters. The molecule has 0 aromatic carbocycles. The zero-order chi connectivity index (χ0) is 21.5. The van der Waals surface area contributed by atoms with E-state index in [9.17, 15) is 9.90 Å². The summed E-state index contributed by atoms with van der Waals surface area (Å²) < 4.78 is 15.8. The molecule has 5 nitrogen and oxygen atoms in total. The quantitative estimate of drug-likeness (QED) is 0.361. The average molecular weight is 411 g/mol. The van der Waals surface area contributed by atoms with E-state index in [1.54, 1.807) is 19.5 Å². The van der Waals surface area contributed by atoms with Gasteiger partial charge in [-0.3, -0.25) is 0 Å². The third kappa shape index (κ3) is 6.02. The predicted octanol–water partition coefficient (Wildman–Crippen LogP) is 6.42. The van der Waals surface area contributed by atoms with Crippen molar-refractivity contribution < 1.29 is 23.5 Å². The van der Waals surface area contributed by atoms with Gasteiger partial charge in [0, 0.05) is 6.42 Å². The standard InChI is InChI=1S/C25H30O5/c1-17(6-4-8-18(2)12-23-24(26)19(3)25(27)30-23)7-5-9-20-13-22(29-16-20)14-21-10-11-28-15-21/h7,10-13,15-16,18,26H,4-6,8-9,14H2,1-3H3/b17-7+,23-12+. The van der Waals surface area contributed by atoms with E-state index in [1.807, 2.05) is 18.4 Å². The Morgan fingerprint density at radius 3 is 2.80 bits per heavy atom. The number of hydrogen-bond donors (Lipinski definition) is 1. The van der Waals surface area contributed by atoms with Crippen LogP contribution < -0.4 is 0 Å². The monoisotopic (exact) mass is 410 g/mol. The van der Waals surface area contributed by atoms with Gasteiger partial charge in [-0.15, -0.1) is 0 Å². The number of rotatable bonds is 10. The first-order chi connectivity index (χ1) is 14.4. The molecule has 0 fully saturated rings. The van der Waals surface area contributed by atoms with Crippen LogP contribution in [0.3, 0.4) is 0 Å². The number of aryl methyl sites for hydroxylation is 1. The second-order valence-electron chi connectivity index (χ2n) is 8.08. The molecule has 0 bridgehead atoms. The molecular formula is C25H30O5. The van der Waals surface area contributed by atoms with Crippen LogP contribution in [0.5, 0.6) is 0 Å². The van der Waals surface area contributed by atoms with Crippen molar-refractivity contribution in [3.63, 3.8) is 0 Å². The molecule has 0 spiro atoms. The first-order valence-electron chi connectivity index (χ1n) is 10.5. The average Bonchev–Trinajstić information content (AvgIpc) is 3.43. The minimum atomic E-state index is -0.462. The number of carbonyl (C=O) groups excluding carboxylic acids is 1. The Bertz CT molecular complexity index is 940. The second-order valence-corrected chi connectivity index (χ2v) is 8.08. The Labute approximate surface area is 177 Å². The van der Waals surface area contributed by atoms with Crippen molar-refractivity contribution in [3.05, 3.63) is 82.6 Å². The summed E-state index contributed by atoms with van der Waals surface area (Å²) in [4.78, 5) is 11.5. The predicted molar refractivity (Wildman–Crippen MR) is 115 cm³/mol. The topological polar surface area (TPSA) is 72.8 Å². The summed E-state index contributed by atoms with van der Waals surface area (Å²) >= 11 is 0. The summed E-state index contributed by atoms with van der Waals surface area (Å²) in [7, 11) is 0. The lowest BCUT2D eigenvalue weighted by Gasteiger charge is -2.08. The molecule has 1 unspecified atom stereocenters. The number of esters is 1. The molecule has 2 aromatic rings. The van der Waals surface area contributed by atoms with E-state index in [4.69, 9.17) is 13.6 Å². The van der Waals surface area contributed by atoms with Gasteiger partial charge in [0.05, 0.1) is 24.4 Å². The zero-order valence-electron chi connectivity index (χ0n) is 17.9. The van der Waals surface area contributed by atoms with Crippen molar-refractivity contribution in [2.24, 2.45) is 5.92 Å². The van der Waals surface area contributed by atoms with Crippen molar-refractivity contribution in [2.75, 3.05) is 0 Å². The van der Waals surface area contributed by atoms with Crippen LogP contribution >= 0.6 is 0 Å². The Morgan fingerprint density at radius 2 is 2.10 bits per heavy atom. The summed E-state index contributed by atoms with van der Waals surface area (Å²) in [5.41, 5.74) is 3.98. The lowest BCUT2D eigenvalue weighted by atomic mass is 9.99. The first kappa shape index (κ1) is 21.8. The van der Waals surface area contributed by atoms with Crippen LogP contribution in [0, 0.1) is 5.92 Å². The maximum atomic E-state index is 11.5. The van der Waals surface area contributed by atoms with Crippen LogP contribution in [0.25, 0.3) is 0 Å². The first-order valence-corrected chi connectivity index (χ1v) is 10.5. The van der Waals surface area contributed by atoms with E-state index >= 15 is 0 Å². The molecule has 1 aliphatic rings. The molecule has 3 heterocycles. The number of aliphatic hydroxyl groups is 1. The van der Waals surface area contributed by atoms with E-state index in [2.05, 4.69) is 26.0 Å². The van der Waals surface area contributed by atoms with Crippen LogP contribution in [0.15, 0.2) is 74.6 Å². The smallest absolute Gasteiger partial charge is 0.343 e. The Kier molecular flexibility index (Phi) is 7.39. The van der Waals surface area contributed by atoms with Crippen molar-refractivity contribution in [1.82, 2.24) is 0 Å². The van der Waals surface area contributed by atoms with Crippen molar-refractivity contribution >= 4 is 5.97 Å². The van der Waals surface area contributed by atoms with Crippen LogP contribution in [0.4, 0.5) is 0 Å². The number of carbonyl (C=O) groups is 1. The van der Waals surface area contributed by atoms with Crippen molar-refractivity contribution in [2.45, 2.75) is 59.3 Å². The van der Waals surface area contributed by atoms with E-state index in [0.717, 1.165) is 49.8 Å². The van der Waals surface area contributed by atoms with Gasteiger partial charge in [-0.05, 0) is 81.2 Å². The Balaban J connectivity index is 1.37.